The molecule has 3 aromatic rings. The molecule has 4 rings (SSSR count). The Bertz CT molecular complexity index is 950. The van der Waals surface area contributed by atoms with E-state index in [9.17, 15) is 4.79 Å². The van der Waals surface area contributed by atoms with Gasteiger partial charge in [0.2, 0.25) is 12.7 Å². The lowest BCUT2D eigenvalue weighted by Gasteiger charge is -2.03. The molecule has 0 saturated heterocycles. The standard InChI is InChI=1S/C19H14N2O3/c22-19(8-6-13-5-7-17-18(9-13)24-12-23-17)21-15-10-14-3-1-2-4-16(14)20-11-15/h1-11H,12H2,(H,21,22)/b8-6+. The molecule has 24 heavy (non-hydrogen) atoms. The summed E-state index contributed by atoms with van der Waals surface area (Å²) in [6.07, 6.45) is 4.85. The van der Waals surface area contributed by atoms with Gasteiger partial charge >= 0.3 is 0 Å². The highest BCUT2D eigenvalue weighted by Crippen LogP contribution is 2.32. The van der Waals surface area contributed by atoms with Crippen molar-refractivity contribution in [2.24, 2.45) is 0 Å². The normalized spacial score (nSPS) is 12.7. The maximum absolute atomic E-state index is 12.1. The van der Waals surface area contributed by atoms with Gasteiger partial charge in [-0.3, -0.25) is 9.78 Å². The molecule has 0 aliphatic carbocycles. The molecule has 1 aromatic heterocycles. The summed E-state index contributed by atoms with van der Waals surface area (Å²) >= 11 is 0. The molecular formula is C19H14N2O3. The van der Waals surface area contributed by atoms with E-state index in [0.717, 1.165) is 22.2 Å². The Balaban J connectivity index is 1.47. The van der Waals surface area contributed by atoms with Crippen molar-refractivity contribution >= 4 is 28.6 Å². The molecule has 1 N–H and O–H groups in total. The number of carbonyl (C=O) groups is 1. The number of hydrogen-bond donors (Lipinski definition) is 1. The SMILES string of the molecule is O=C(/C=C/c1ccc2c(c1)OCO2)Nc1cnc2ccccc2c1. The summed E-state index contributed by atoms with van der Waals surface area (Å²) in [5.41, 5.74) is 2.42. The molecule has 0 atom stereocenters. The number of anilines is 1. The number of aromatic nitrogens is 1. The summed E-state index contributed by atoms with van der Waals surface area (Å²) in [5.74, 6) is 1.19. The molecule has 5 nitrogen and oxygen atoms in total. The van der Waals surface area contributed by atoms with Crippen molar-refractivity contribution in [2.45, 2.75) is 0 Å². The smallest absolute Gasteiger partial charge is 0.248 e. The van der Waals surface area contributed by atoms with Crippen LogP contribution in [-0.2, 0) is 4.79 Å². The van der Waals surface area contributed by atoms with Crippen LogP contribution in [0, 0.1) is 0 Å². The van der Waals surface area contributed by atoms with E-state index in [1.165, 1.54) is 6.08 Å². The van der Waals surface area contributed by atoms with E-state index in [1.807, 2.05) is 48.5 Å². The first-order valence-electron chi connectivity index (χ1n) is 7.51. The van der Waals surface area contributed by atoms with Crippen molar-refractivity contribution in [2.75, 3.05) is 12.1 Å². The highest BCUT2D eigenvalue weighted by atomic mass is 16.7. The van der Waals surface area contributed by atoms with Crippen LogP contribution in [0.15, 0.2) is 60.8 Å². The Hall–Kier alpha value is -3.34. The lowest BCUT2D eigenvalue weighted by atomic mass is 10.2. The predicted octanol–water partition coefficient (Wildman–Crippen LogP) is 3.62. The Kier molecular flexibility index (Phi) is 3.59. The summed E-state index contributed by atoms with van der Waals surface area (Å²) in [6, 6.07) is 15.2. The van der Waals surface area contributed by atoms with Gasteiger partial charge in [-0.15, -0.1) is 0 Å². The zero-order chi connectivity index (χ0) is 16.4. The van der Waals surface area contributed by atoms with Gasteiger partial charge in [0.1, 0.15) is 0 Å². The van der Waals surface area contributed by atoms with E-state index < -0.39 is 0 Å². The van der Waals surface area contributed by atoms with Crippen molar-refractivity contribution in [3.05, 3.63) is 66.4 Å². The molecule has 118 valence electrons. The van der Waals surface area contributed by atoms with Gasteiger partial charge in [-0.2, -0.15) is 0 Å². The largest absolute Gasteiger partial charge is 0.454 e. The molecule has 0 fully saturated rings. The van der Waals surface area contributed by atoms with E-state index >= 15 is 0 Å². The fourth-order valence-corrected chi connectivity index (χ4v) is 2.51. The van der Waals surface area contributed by atoms with E-state index in [0.29, 0.717) is 11.4 Å². The molecule has 1 aliphatic heterocycles. The van der Waals surface area contributed by atoms with Crippen LogP contribution < -0.4 is 14.8 Å². The third-order valence-electron chi connectivity index (χ3n) is 3.68. The second-order valence-electron chi connectivity index (χ2n) is 5.35. The Morgan fingerprint density at radius 2 is 1.96 bits per heavy atom. The van der Waals surface area contributed by atoms with E-state index in [2.05, 4.69) is 10.3 Å². The highest BCUT2D eigenvalue weighted by molar-refractivity contribution is 6.02. The van der Waals surface area contributed by atoms with Gasteiger partial charge in [-0.1, -0.05) is 24.3 Å². The third kappa shape index (κ3) is 2.92. The van der Waals surface area contributed by atoms with Gasteiger partial charge in [0.05, 0.1) is 17.4 Å². The van der Waals surface area contributed by atoms with Crippen LogP contribution in [0.2, 0.25) is 0 Å². The Morgan fingerprint density at radius 3 is 2.92 bits per heavy atom. The minimum Gasteiger partial charge on any atom is -0.454 e. The summed E-state index contributed by atoms with van der Waals surface area (Å²) < 4.78 is 10.6. The first-order valence-corrected chi connectivity index (χ1v) is 7.51. The number of rotatable bonds is 3. The number of ether oxygens (including phenoxy) is 2. The number of fused-ring (bicyclic) bond motifs is 2. The van der Waals surface area contributed by atoms with Crippen molar-refractivity contribution in [3.63, 3.8) is 0 Å². The fourth-order valence-electron chi connectivity index (χ4n) is 2.51. The predicted molar refractivity (Wildman–Crippen MR) is 92.0 cm³/mol. The molecule has 0 unspecified atom stereocenters. The first-order chi connectivity index (χ1) is 11.8. The van der Waals surface area contributed by atoms with Crippen LogP contribution in [0.5, 0.6) is 11.5 Å². The van der Waals surface area contributed by atoms with Gasteiger partial charge in [-0.05, 0) is 35.9 Å². The average molecular weight is 318 g/mol. The molecule has 0 bridgehead atoms. The van der Waals surface area contributed by atoms with Crippen molar-refractivity contribution < 1.29 is 14.3 Å². The van der Waals surface area contributed by atoms with Crippen LogP contribution in [0.1, 0.15) is 5.56 Å². The number of nitrogens with zero attached hydrogens (tertiary/aromatic N) is 1. The van der Waals surface area contributed by atoms with Crippen molar-refractivity contribution in [1.29, 1.82) is 0 Å². The minimum absolute atomic E-state index is 0.218. The topological polar surface area (TPSA) is 60.5 Å². The third-order valence-corrected chi connectivity index (χ3v) is 3.68. The average Bonchev–Trinajstić information content (AvgIpc) is 3.07. The van der Waals surface area contributed by atoms with Crippen LogP contribution >= 0.6 is 0 Å². The quantitative estimate of drug-likeness (QED) is 0.749. The summed E-state index contributed by atoms with van der Waals surface area (Å²) in [5, 5.41) is 3.79. The maximum Gasteiger partial charge on any atom is 0.248 e. The molecule has 1 aliphatic rings. The molecule has 0 radical (unpaired) electrons. The molecule has 1 amide bonds. The summed E-state index contributed by atoms with van der Waals surface area (Å²) in [6.45, 7) is 0.234. The van der Waals surface area contributed by atoms with E-state index in [1.54, 1.807) is 12.3 Å². The zero-order valence-corrected chi connectivity index (χ0v) is 12.7. The number of hydrogen-bond acceptors (Lipinski definition) is 4. The van der Waals surface area contributed by atoms with Gasteiger partial charge in [0, 0.05) is 11.5 Å². The van der Waals surface area contributed by atoms with Crippen LogP contribution in [-0.4, -0.2) is 17.7 Å². The number of carbonyl (C=O) groups excluding carboxylic acids is 1. The number of amides is 1. The Labute approximate surface area is 138 Å². The lowest BCUT2D eigenvalue weighted by molar-refractivity contribution is -0.111. The van der Waals surface area contributed by atoms with E-state index in [4.69, 9.17) is 9.47 Å². The van der Waals surface area contributed by atoms with Crippen LogP contribution in [0.4, 0.5) is 5.69 Å². The van der Waals surface area contributed by atoms with Gasteiger partial charge < -0.3 is 14.8 Å². The highest BCUT2D eigenvalue weighted by Gasteiger charge is 2.12. The van der Waals surface area contributed by atoms with E-state index in [-0.39, 0.29) is 12.7 Å². The zero-order valence-electron chi connectivity index (χ0n) is 12.7. The minimum atomic E-state index is -0.218. The van der Waals surface area contributed by atoms with Gasteiger partial charge in [-0.25, -0.2) is 0 Å². The number of pyridine rings is 1. The molecule has 0 saturated carbocycles. The number of para-hydroxylation sites is 1. The molecule has 5 heteroatoms. The summed E-state index contributed by atoms with van der Waals surface area (Å²) in [7, 11) is 0. The monoisotopic (exact) mass is 318 g/mol. The molecule has 0 spiro atoms. The maximum atomic E-state index is 12.1. The molecule has 2 heterocycles. The summed E-state index contributed by atoms with van der Waals surface area (Å²) in [4.78, 5) is 16.4. The fraction of sp³-hybridized carbons (Fsp3) is 0.0526. The Morgan fingerprint density at radius 1 is 1.08 bits per heavy atom. The number of nitrogens with one attached hydrogen (secondary N) is 1. The second kappa shape index (κ2) is 6.04. The van der Waals surface area contributed by atoms with Crippen LogP contribution in [0.3, 0.4) is 0 Å². The van der Waals surface area contributed by atoms with Crippen molar-refractivity contribution in [1.82, 2.24) is 4.98 Å². The second-order valence-corrected chi connectivity index (χ2v) is 5.35. The lowest BCUT2D eigenvalue weighted by Crippen LogP contribution is -2.07. The molecule has 2 aromatic carbocycles. The van der Waals surface area contributed by atoms with Gasteiger partial charge in [0.25, 0.3) is 0 Å². The van der Waals surface area contributed by atoms with Crippen LogP contribution in [0.25, 0.3) is 17.0 Å². The first kappa shape index (κ1) is 14.3. The molecular weight excluding hydrogens is 304 g/mol. The van der Waals surface area contributed by atoms with Crippen molar-refractivity contribution in [3.8, 4) is 11.5 Å². The number of benzene rings is 2. The van der Waals surface area contributed by atoms with Gasteiger partial charge in [0.15, 0.2) is 11.5 Å².